The van der Waals surface area contributed by atoms with Gasteiger partial charge >= 0.3 is 6.03 Å². The fourth-order valence-electron chi connectivity index (χ4n) is 2.62. The molecule has 0 bridgehead atoms. The summed E-state index contributed by atoms with van der Waals surface area (Å²) in [6.07, 6.45) is 1.91. The van der Waals surface area contributed by atoms with E-state index >= 15 is 0 Å². The molecule has 0 aliphatic rings. The SMILES string of the molecule is CN(Cc1ccc(CO)cc1)C(=O)NCc1ccc2[nH]ccc2c1. The normalized spacial score (nSPS) is 10.8. The van der Waals surface area contributed by atoms with Gasteiger partial charge in [0.15, 0.2) is 0 Å². The average molecular weight is 323 g/mol. The number of carbonyl (C=O) groups excluding carboxylic acids is 1. The number of aliphatic hydroxyl groups excluding tert-OH is 1. The third-order valence-corrected chi connectivity index (χ3v) is 4.03. The minimum atomic E-state index is -0.115. The Morgan fingerprint density at radius 3 is 2.54 bits per heavy atom. The van der Waals surface area contributed by atoms with Crippen LogP contribution in [0, 0.1) is 0 Å². The molecule has 0 saturated carbocycles. The van der Waals surface area contributed by atoms with Gasteiger partial charge in [-0.15, -0.1) is 0 Å². The molecule has 1 heterocycles. The Morgan fingerprint density at radius 1 is 1.08 bits per heavy atom. The fraction of sp³-hybridized carbons (Fsp3) is 0.211. The highest BCUT2D eigenvalue weighted by molar-refractivity contribution is 5.80. The van der Waals surface area contributed by atoms with Gasteiger partial charge in [0.2, 0.25) is 0 Å². The third kappa shape index (κ3) is 3.75. The van der Waals surface area contributed by atoms with Crippen LogP contribution in [-0.4, -0.2) is 28.1 Å². The lowest BCUT2D eigenvalue weighted by Crippen LogP contribution is -2.36. The lowest BCUT2D eigenvalue weighted by atomic mass is 10.1. The summed E-state index contributed by atoms with van der Waals surface area (Å²) in [6, 6.07) is 15.6. The summed E-state index contributed by atoms with van der Waals surface area (Å²) in [5.74, 6) is 0. The molecule has 3 aromatic rings. The van der Waals surface area contributed by atoms with Crippen LogP contribution in [-0.2, 0) is 19.7 Å². The van der Waals surface area contributed by atoms with Gasteiger partial charge in [0.25, 0.3) is 0 Å². The van der Waals surface area contributed by atoms with E-state index in [-0.39, 0.29) is 12.6 Å². The number of aromatic nitrogens is 1. The van der Waals surface area contributed by atoms with Crippen LogP contribution in [0.3, 0.4) is 0 Å². The fourth-order valence-corrected chi connectivity index (χ4v) is 2.62. The van der Waals surface area contributed by atoms with E-state index < -0.39 is 0 Å². The minimum Gasteiger partial charge on any atom is -0.392 e. The number of amides is 2. The van der Waals surface area contributed by atoms with Crippen LogP contribution in [0.15, 0.2) is 54.7 Å². The van der Waals surface area contributed by atoms with Gasteiger partial charge in [-0.3, -0.25) is 0 Å². The second-order valence-electron chi connectivity index (χ2n) is 5.89. The van der Waals surface area contributed by atoms with Gasteiger partial charge < -0.3 is 20.3 Å². The topological polar surface area (TPSA) is 68.4 Å². The first-order valence-electron chi connectivity index (χ1n) is 7.89. The smallest absolute Gasteiger partial charge is 0.317 e. The molecule has 0 unspecified atom stereocenters. The van der Waals surface area contributed by atoms with Crippen molar-refractivity contribution in [1.82, 2.24) is 15.2 Å². The summed E-state index contributed by atoms with van der Waals surface area (Å²) in [5.41, 5.74) is 4.05. The lowest BCUT2D eigenvalue weighted by molar-refractivity contribution is 0.206. The lowest BCUT2D eigenvalue weighted by Gasteiger charge is -2.18. The van der Waals surface area contributed by atoms with Crippen LogP contribution >= 0.6 is 0 Å². The molecule has 0 radical (unpaired) electrons. The Hall–Kier alpha value is -2.79. The zero-order valence-corrected chi connectivity index (χ0v) is 13.6. The molecule has 0 fully saturated rings. The van der Waals surface area contributed by atoms with Gasteiger partial charge in [-0.2, -0.15) is 0 Å². The van der Waals surface area contributed by atoms with E-state index in [1.54, 1.807) is 11.9 Å². The molecule has 5 nitrogen and oxygen atoms in total. The number of urea groups is 1. The molecule has 2 aromatic carbocycles. The summed E-state index contributed by atoms with van der Waals surface area (Å²) in [7, 11) is 1.77. The van der Waals surface area contributed by atoms with Crippen LogP contribution in [0.25, 0.3) is 10.9 Å². The molecule has 0 aliphatic heterocycles. The number of benzene rings is 2. The van der Waals surface area contributed by atoms with Crippen molar-refractivity contribution in [2.75, 3.05) is 7.05 Å². The highest BCUT2D eigenvalue weighted by atomic mass is 16.3. The third-order valence-electron chi connectivity index (χ3n) is 4.03. The van der Waals surface area contributed by atoms with Gasteiger partial charge in [0.1, 0.15) is 0 Å². The molecule has 3 N–H and O–H groups in total. The highest BCUT2D eigenvalue weighted by Gasteiger charge is 2.09. The molecule has 3 rings (SSSR count). The number of carbonyl (C=O) groups is 1. The highest BCUT2D eigenvalue weighted by Crippen LogP contribution is 2.14. The molecule has 24 heavy (non-hydrogen) atoms. The molecule has 0 atom stereocenters. The summed E-state index contributed by atoms with van der Waals surface area (Å²) < 4.78 is 0. The molecule has 0 aliphatic carbocycles. The molecular weight excluding hydrogens is 302 g/mol. The van der Waals surface area contributed by atoms with E-state index in [1.165, 1.54) is 0 Å². The summed E-state index contributed by atoms with van der Waals surface area (Å²) in [4.78, 5) is 17.0. The Balaban J connectivity index is 1.55. The van der Waals surface area contributed by atoms with Gasteiger partial charge in [-0.25, -0.2) is 4.79 Å². The summed E-state index contributed by atoms with van der Waals surface area (Å²) in [5, 5.41) is 13.1. The van der Waals surface area contributed by atoms with Crippen LogP contribution in [0.5, 0.6) is 0 Å². The van der Waals surface area contributed by atoms with Gasteiger partial charge in [0.05, 0.1) is 6.61 Å². The van der Waals surface area contributed by atoms with Crippen molar-refractivity contribution < 1.29 is 9.90 Å². The van der Waals surface area contributed by atoms with Crippen molar-refractivity contribution in [1.29, 1.82) is 0 Å². The van der Waals surface area contributed by atoms with Gasteiger partial charge in [-0.05, 0) is 40.3 Å². The van der Waals surface area contributed by atoms with Gasteiger partial charge in [0, 0.05) is 31.9 Å². The summed E-state index contributed by atoms with van der Waals surface area (Å²) >= 11 is 0. The number of rotatable bonds is 5. The van der Waals surface area contributed by atoms with E-state index in [1.807, 2.05) is 48.7 Å². The second kappa shape index (κ2) is 7.19. The maximum Gasteiger partial charge on any atom is 0.317 e. The van der Waals surface area contributed by atoms with Crippen molar-refractivity contribution in [3.63, 3.8) is 0 Å². The average Bonchev–Trinajstić information content (AvgIpc) is 3.08. The molecular formula is C19H21N3O2. The van der Waals surface area contributed by atoms with Crippen molar-refractivity contribution in [3.8, 4) is 0 Å². The second-order valence-corrected chi connectivity index (χ2v) is 5.89. The Morgan fingerprint density at radius 2 is 1.79 bits per heavy atom. The van der Waals surface area contributed by atoms with E-state index in [0.29, 0.717) is 13.1 Å². The zero-order chi connectivity index (χ0) is 16.9. The van der Waals surface area contributed by atoms with Crippen LogP contribution in [0.2, 0.25) is 0 Å². The predicted molar refractivity (Wildman–Crippen MR) is 94.4 cm³/mol. The van der Waals surface area contributed by atoms with E-state index in [4.69, 9.17) is 5.11 Å². The number of aliphatic hydroxyl groups is 1. The maximum absolute atomic E-state index is 12.2. The van der Waals surface area contributed by atoms with Crippen LogP contribution < -0.4 is 5.32 Å². The molecule has 1 aromatic heterocycles. The molecule has 0 spiro atoms. The van der Waals surface area contributed by atoms with Gasteiger partial charge in [-0.1, -0.05) is 30.3 Å². The first-order chi connectivity index (χ1) is 11.7. The number of hydrogen-bond acceptors (Lipinski definition) is 2. The first kappa shape index (κ1) is 16.1. The number of fused-ring (bicyclic) bond motifs is 1. The van der Waals surface area contributed by atoms with Crippen LogP contribution in [0.1, 0.15) is 16.7 Å². The molecule has 0 saturated heterocycles. The number of nitrogens with one attached hydrogen (secondary N) is 2. The maximum atomic E-state index is 12.2. The van der Waals surface area contributed by atoms with Crippen LogP contribution in [0.4, 0.5) is 4.79 Å². The molecule has 124 valence electrons. The predicted octanol–water partition coefficient (Wildman–Crippen LogP) is 3.00. The number of hydrogen-bond donors (Lipinski definition) is 3. The zero-order valence-electron chi connectivity index (χ0n) is 13.6. The Labute approximate surface area is 140 Å². The van der Waals surface area contributed by atoms with E-state index in [2.05, 4.69) is 16.4 Å². The quantitative estimate of drug-likeness (QED) is 0.675. The van der Waals surface area contributed by atoms with Crippen molar-refractivity contribution >= 4 is 16.9 Å². The monoisotopic (exact) mass is 323 g/mol. The van der Waals surface area contributed by atoms with E-state index in [0.717, 1.165) is 27.6 Å². The summed E-state index contributed by atoms with van der Waals surface area (Å²) in [6.45, 7) is 1.05. The Kier molecular flexibility index (Phi) is 4.82. The molecule has 5 heteroatoms. The number of H-pyrrole nitrogens is 1. The van der Waals surface area contributed by atoms with Crippen molar-refractivity contribution in [3.05, 3.63) is 71.4 Å². The largest absolute Gasteiger partial charge is 0.392 e. The first-order valence-corrected chi connectivity index (χ1v) is 7.89. The van der Waals surface area contributed by atoms with Crippen molar-refractivity contribution in [2.24, 2.45) is 0 Å². The Bertz CT molecular complexity index is 824. The number of aromatic amines is 1. The molecule has 2 amide bonds. The standard InChI is InChI=1S/C19H21N3O2/c1-22(12-14-2-4-15(13-23)5-3-14)19(24)21-11-16-6-7-18-17(10-16)8-9-20-18/h2-10,20,23H,11-13H2,1H3,(H,21,24). The van der Waals surface area contributed by atoms with E-state index in [9.17, 15) is 4.79 Å². The van der Waals surface area contributed by atoms with Crippen molar-refractivity contribution in [2.45, 2.75) is 19.7 Å². The minimum absolute atomic E-state index is 0.0299. The number of nitrogens with zero attached hydrogens (tertiary/aromatic N) is 1.